The fourth-order valence-electron chi connectivity index (χ4n) is 2.86. The Kier molecular flexibility index (Phi) is 4.79. The van der Waals surface area contributed by atoms with Crippen LogP contribution in [-0.2, 0) is 4.74 Å². The second-order valence-corrected chi connectivity index (χ2v) is 5.69. The fourth-order valence-corrected chi connectivity index (χ4v) is 2.86. The summed E-state index contributed by atoms with van der Waals surface area (Å²) < 4.78 is 6.00. The molecule has 3 unspecified atom stereocenters. The molecular formula is C16H25NO. The first-order valence-corrected chi connectivity index (χ1v) is 7.09. The van der Waals surface area contributed by atoms with E-state index in [1.165, 1.54) is 36.8 Å². The van der Waals surface area contributed by atoms with E-state index in [0.717, 1.165) is 5.92 Å². The SMILES string of the molecule is Cc1ccccc1C(N)COC1CCCC(C)C1. The lowest BCUT2D eigenvalue weighted by Crippen LogP contribution is -2.26. The summed E-state index contributed by atoms with van der Waals surface area (Å²) in [5.74, 6) is 0.804. The first kappa shape index (κ1) is 13.6. The fraction of sp³-hybridized carbons (Fsp3) is 0.625. The normalized spacial score (nSPS) is 25.9. The number of aryl methyl sites for hydroxylation is 1. The van der Waals surface area contributed by atoms with Crippen LogP contribution in [0.25, 0.3) is 0 Å². The predicted octanol–water partition coefficient (Wildman–Crippen LogP) is 3.59. The van der Waals surface area contributed by atoms with Crippen LogP contribution in [0.5, 0.6) is 0 Å². The van der Waals surface area contributed by atoms with Crippen LogP contribution in [0.2, 0.25) is 0 Å². The second-order valence-electron chi connectivity index (χ2n) is 5.69. The summed E-state index contributed by atoms with van der Waals surface area (Å²) in [5, 5.41) is 0. The minimum absolute atomic E-state index is 0.00318. The van der Waals surface area contributed by atoms with Crippen molar-refractivity contribution < 1.29 is 4.74 Å². The molecular weight excluding hydrogens is 222 g/mol. The van der Waals surface area contributed by atoms with Crippen molar-refractivity contribution in [2.75, 3.05) is 6.61 Å². The van der Waals surface area contributed by atoms with E-state index in [1.54, 1.807) is 0 Å². The van der Waals surface area contributed by atoms with Gasteiger partial charge in [-0.1, -0.05) is 44.0 Å². The van der Waals surface area contributed by atoms with Gasteiger partial charge in [-0.3, -0.25) is 0 Å². The average molecular weight is 247 g/mol. The molecule has 1 saturated carbocycles. The maximum absolute atomic E-state index is 6.22. The van der Waals surface area contributed by atoms with Gasteiger partial charge in [0.2, 0.25) is 0 Å². The number of rotatable bonds is 4. The number of hydrogen-bond donors (Lipinski definition) is 1. The van der Waals surface area contributed by atoms with E-state index in [0.29, 0.717) is 12.7 Å². The first-order chi connectivity index (χ1) is 8.66. The molecule has 1 fully saturated rings. The van der Waals surface area contributed by atoms with Gasteiger partial charge in [-0.2, -0.15) is 0 Å². The zero-order chi connectivity index (χ0) is 13.0. The van der Waals surface area contributed by atoms with Gasteiger partial charge in [0.1, 0.15) is 0 Å². The topological polar surface area (TPSA) is 35.2 Å². The summed E-state index contributed by atoms with van der Waals surface area (Å²) in [6.07, 6.45) is 5.46. The Labute approximate surface area is 111 Å². The van der Waals surface area contributed by atoms with Crippen molar-refractivity contribution in [2.45, 2.75) is 51.7 Å². The van der Waals surface area contributed by atoms with Crippen molar-refractivity contribution in [1.29, 1.82) is 0 Å². The Morgan fingerprint density at radius 3 is 2.83 bits per heavy atom. The third-order valence-corrected chi connectivity index (χ3v) is 3.99. The molecule has 3 atom stereocenters. The Morgan fingerprint density at radius 1 is 1.33 bits per heavy atom. The van der Waals surface area contributed by atoms with Gasteiger partial charge in [-0.15, -0.1) is 0 Å². The van der Waals surface area contributed by atoms with Gasteiger partial charge in [-0.05, 0) is 36.8 Å². The summed E-state index contributed by atoms with van der Waals surface area (Å²) in [4.78, 5) is 0. The minimum Gasteiger partial charge on any atom is -0.376 e. The van der Waals surface area contributed by atoms with E-state index in [1.807, 2.05) is 6.07 Å². The second kappa shape index (κ2) is 6.35. The van der Waals surface area contributed by atoms with Crippen molar-refractivity contribution in [1.82, 2.24) is 0 Å². The summed E-state index contributed by atoms with van der Waals surface area (Å²) in [6.45, 7) is 5.07. The van der Waals surface area contributed by atoms with Gasteiger partial charge >= 0.3 is 0 Å². The number of nitrogens with two attached hydrogens (primary N) is 1. The Bertz CT molecular complexity index is 377. The van der Waals surface area contributed by atoms with E-state index in [-0.39, 0.29) is 6.04 Å². The Hall–Kier alpha value is -0.860. The third-order valence-electron chi connectivity index (χ3n) is 3.99. The molecule has 0 bridgehead atoms. The quantitative estimate of drug-likeness (QED) is 0.882. The molecule has 0 aromatic heterocycles. The summed E-state index contributed by atoms with van der Waals surface area (Å²) in [5.41, 5.74) is 8.69. The van der Waals surface area contributed by atoms with Crippen LogP contribution in [0.1, 0.15) is 49.8 Å². The maximum Gasteiger partial charge on any atom is 0.0663 e. The molecule has 0 aliphatic heterocycles. The molecule has 0 saturated heterocycles. The lowest BCUT2D eigenvalue weighted by atomic mass is 9.88. The van der Waals surface area contributed by atoms with Gasteiger partial charge < -0.3 is 10.5 Å². The van der Waals surface area contributed by atoms with Gasteiger partial charge in [-0.25, -0.2) is 0 Å². The van der Waals surface area contributed by atoms with Crippen molar-refractivity contribution >= 4 is 0 Å². The molecule has 0 radical (unpaired) electrons. The molecule has 0 heterocycles. The van der Waals surface area contributed by atoms with E-state index < -0.39 is 0 Å². The van der Waals surface area contributed by atoms with E-state index in [4.69, 9.17) is 10.5 Å². The lowest BCUT2D eigenvalue weighted by Gasteiger charge is -2.28. The smallest absolute Gasteiger partial charge is 0.0663 e. The Balaban J connectivity index is 1.84. The van der Waals surface area contributed by atoms with Gasteiger partial charge in [0.15, 0.2) is 0 Å². The number of ether oxygens (including phenoxy) is 1. The van der Waals surface area contributed by atoms with Crippen molar-refractivity contribution in [3.8, 4) is 0 Å². The zero-order valence-electron chi connectivity index (χ0n) is 11.6. The molecule has 1 aliphatic carbocycles. The summed E-state index contributed by atoms with van der Waals surface area (Å²) in [7, 11) is 0. The molecule has 18 heavy (non-hydrogen) atoms. The average Bonchev–Trinajstić information content (AvgIpc) is 2.37. The van der Waals surface area contributed by atoms with Crippen LogP contribution < -0.4 is 5.73 Å². The highest BCUT2D eigenvalue weighted by Crippen LogP contribution is 2.26. The highest BCUT2D eigenvalue weighted by Gasteiger charge is 2.20. The van der Waals surface area contributed by atoms with Crippen molar-refractivity contribution in [2.24, 2.45) is 11.7 Å². The molecule has 2 nitrogen and oxygen atoms in total. The standard InChI is InChI=1S/C16H25NO/c1-12-6-5-8-14(10-12)18-11-16(17)15-9-4-3-7-13(15)2/h3-4,7,9,12,14,16H,5-6,8,10-11,17H2,1-2H3. The summed E-state index contributed by atoms with van der Waals surface area (Å²) >= 11 is 0. The predicted molar refractivity (Wildman–Crippen MR) is 75.5 cm³/mol. The Morgan fingerprint density at radius 2 is 2.11 bits per heavy atom. The molecule has 2 rings (SSSR count). The van der Waals surface area contributed by atoms with Crippen LogP contribution in [0.3, 0.4) is 0 Å². The molecule has 2 N–H and O–H groups in total. The molecule has 1 aromatic rings. The summed E-state index contributed by atoms with van der Waals surface area (Å²) in [6, 6.07) is 8.31. The monoisotopic (exact) mass is 247 g/mol. The highest BCUT2D eigenvalue weighted by atomic mass is 16.5. The maximum atomic E-state index is 6.22. The molecule has 1 aromatic carbocycles. The van der Waals surface area contributed by atoms with Gasteiger partial charge in [0.05, 0.1) is 18.8 Å². The largest absolute Gasteiger partial charge is 0.376 e. The van der Waals surface area contributed by atoms with Crippen molar-refractivity contribution in [3.05, 3.63) is 35.4 Å². The lowest BCUT2D eigenvalue weighted by molar-refractivity contribution is 0.00845. The highest BCUT2D eigenvalue weighted by molar-refractivity contribution is 5.28. The van der Waals surface area contributed by atoms with Crippen LogP contribution in [0, 0.1) is 12.8 Å². The number of hydrogen-bond acceptors (Lipinski definition) is 2. The third kappa shape index (κ3) is 3.56. The minimum atomic E-state index is 0.00318. The van der Waals surface area contributed by atoms with Crippen LogP contribution in [0.4, 0.5) is 0 Å². The molecule has 0 amide bonds. The first-order valence-electron chi connectivity index (χ1n) is 7.09. The van der Waals surface area contributed by atoms with E-state index >= 15 is 0 Å². The molecule has 1 aliphatic rings. The number of benzene rings is 1. The molecule has 100 valence electrons. The van der Waals surface area contributed by atoms with Gasteiger partial charge in [0, 0.05) is 0 Å². The van der Waals surface area contributed by atoms with Crippen LogP contribution in [0.15, 0.2) is 24.3 Å². The molecule has 2 heteroatoms. The zero-order valence-corrected chi connectivity index (χ0v) is 11.6. The van der Waals surface area contributed by atoms with E-state index in [2.05, 4.69) is 32.0 Å². The van der Waals surface area contributed by atoms with E-state index in [9.17, 15) is 0 Å². The van der Waals surface area contributed by atoms with Gasteiger partial charge in [0.25, 0.3) is 0 Å². The van der Waals surface area contributed by atoms with Crippen LogP contribution in [-0.4, -0.2) is 12.7 Å². The van der Waals surface area contributed by atoms with Crippen molar-refractivity contribution in [3.63, 3.8) is 0 Å². The molecule has 0 spiro atoms. The van der Waals surface area contributed by atoms with Crippen LogP contribution >= 0.6 is 0 Å².